The first-order chi connectivity index (χ1) is 8.58. The third-order valence-electron chi connectivity index (χ3n) is 2.63. The highest BCUT2D eigenvalue weighted by Gasteiger charge is 2.15. The van der Waals surface area contributed by atoms with Crippen LogP contribution in [0.5, 0.6) is 0 Å². The van der Waals surface area contributed by atoms with Crippen molar-refractivity contribution < 1.29 is 14.3 Å². The molecule has 0 unspecified atom stereocenters. The van der Waals surface area contributed by atoms with Crippen LogP contribution in [-0.2, 0) is 9.53 Å². The first-order valence-corrected chi connectivity index (χ1v) is 5.87. The number of hydrogen-bond donors (Lipinski definition) is 0. The summed E-state index contributed by atoms with van der Waals surface area (Å²) in [5, 5.41) is 0. The van der Waals surface area contributed by atoms with Gasteiger partial charge in [-0.05, 0) is 26.0 Å². The summed E-state index contributed by atoms with van der Waals surface area (Å²) < 4.78 is 4.56. The van der Waals surface area contributed by atoms with Gasteiger partial charge in [0.25, 0.3) is 5.91 Å². The standard InChI is InChI=1S/C13H18N2O3/c1-4-15(8-6-12(16)18-3)13(17)11-5-7-14-10(2)9-11/h5,7,9H,4,6,8H2,1-3H3. The van der Waals surface area contributed by atoms with Crippen molar-refractivity contribution in [3.05, 3.63) is 29.6 Å². The Balaban J connectivity index is 2.70. The average Bonchev–Trinajstić information content (AvgIpc) is 2.38. The molecule has 0 N–H and O–H groups in total. The van der Waals surface area contributed by atoms with Crippen LogP contribution in [0, 0.1) is 6.92 Å². The summed E-state index contributed by atoms with van der Waals surface area (Å²) in [6, 6.07) is 3.42. The average molecular weight is 250 g/mol. The Hall–Kier alpha value is -1.91. The molecule has 5 nitrogen and oxygen atoms in total. The molecule has 1 rings (SSSR count). The third-order valence-corrected chi connectivity index (χ3v) is 2.63. The Kier molecular flexibility index (Phi) is 5.30. The van der Waals surface area contributed by atoms with Crippen LogP contribution in [0.1, 0.15) is 29.4 Å². The molecule has 0 aliphatic heterocycles. The monoisotopic (exact) mass is 250 g/mol. The van der Waals surface area contributed by atoms with Crippen LogP contribution in [0.2, 0.25) is 0 Å². The molecule has 0 spiro atoms. The largest absolute Gasteiger partial charge is 0.469 e. The second-order valence-electron chi connectivity index (χ2n) is 3.90. The van der Waals surface area contributed by atoms with E-state index in [0.29, 0.717) is 18.7 Å². The van der Waals surface area contributed by atoms with Crippen molar-refractivity contribution in [1.82, 2.24) is 9.88 Å². The Morgan fingerprint density at radius 1 is 1.44 bits per heavy atom. The number of aromatic nitrogens is 1. The van der Waals surface area contributed by atoms with Crippen LogP contribution in [-0.4, -0.2) is 42.0 Å². The van der Waals surface area contributed by atoms with E-state index in [1.807, 2.05) is 13.8 Å². The first-order valence-electron chi connectivity index (χ1n) is 5.87. The molecule has 0 saturated carbocycles. The SMILES string of the molecule is CCN(CCC(=O)OC)C(=O)c1ccnc(C)c1. The van der Waals surface area contributed by atoms with Crippen LogP contribution >= 0.6 is 0 Å². The smallest absolute Gasteiger partial charge is 0.307 e. The molecule has 1 heterocycles. The van der Waals surface area contributed by atoms with E-state index in [1.165, 1.54) is 7.11 Å². The van der Waals surface area contributed by atoms with Gasteiger partial charge in [0, 0.05) is 30.5 Å². The molecule has 0 fully saturated rings. The maximum absolute atomic E-state index is 12.2. The number of nitrogens with zero attached hydrogens (tertiary/aromatic N) is 2. The number of pyridine rings is 1. The summed E-state index contributed by atoms with van der Waals surface area (Å²) in [6.07, 6.45) is 1.82. The number of carbonyl (C=O) groups is 2. The highest BCUT2D eigenvalue weighted by Crippen LogP contribution is 2.06. The zero-order chi connectivity index (χ0) is 13.5. The number of esters is 1. The molecule has 18 heavy (non-hydrogen) atoms. The molecule has 98 valence electrons. The molecular formula is C13H18N2O3. The van der Waals surface area contributed by atoms with Gasteiger partial charge in [0.2, 0.25) is 0 Å². The van der Waals surface area contributed by atoms with Crippen LogP contribution < -0.4 is 0 Å². The van der Waals surface area contributed by atoms with Crippen molar-refractivity contribution in [2.75, 3.05) is 20.2 Å². The molecule has 5 heteroatoms. The van der Waals surface area contributed by atoms with E-state index in [0.717, 1.165) is 5.69 Å². The fourth-order valence-electron chi connectivity index (χ4n) is 1.59. The second kappa shape index (κ2) is 6.74. The van der Waals surface area contributed by atoms with E-state index in [4.69, 9.17) is 0 Å². The van der Waals surface area contributed by atoms with E-state index in [-0.39, 0.29) is 18.3 Å². The van der Waals surface area contributed by atoms with E-state index in [2.05, 4.69) is 9.72 Å². The summed E-state index contributed by atoms with van der Waals surface area (Å²) in [5.41, 5.74) is 1.39. The van der Waals surface area contributed by atoms with Gasteiger partial charge in [-0.1, -0.05) is 0 Å². The van der Waals surface area contributed by atoms with Gasteiger partial charge in [0.15, 0.2) is 0 Å². The topological polar surface area (TPSA) is 59.5 Å². The molecule has 0 aliphatic carbocycles. The molecule has 1 aromatic heterocycles. The van der Waals surface area contributed by atoms with Gasteiger partial charge in [-0.25, -0.2) is 0 Å². The van der Waals surface area contributed by atoms with E-state index in [1.54, 1.807) is 23.2 Å². The number of methoxy groups -OCH3 is 1. The van der Waals surface area contributed by atoms with Gasteiger partial charge in [-0.15, -0.1) is 0 Å². The Morgan fingerprint density at radius 2 is 2.17 bits per heavy atom. The maximum atomic E-state index is 12.2. The number of hydrogen-bond acceptors (Lipinski definition) is 4. The fourth-order valence-corrected chi connectivity index (χ4v) is 1.59. The van der Waals surface area contributed by atoms with E-state index in [9.17, 15) is 9.59 Å². The number of amides is 1. The summed E-state index contributed by atoms with van der Waals surface area (Å²) >= 11 is 0. The minimum absolute atomic E-state index is 0.0908. The summed E-state index contributed by atoms with van der Waals surface area (Å²) in [4.78, 5) is 28.9. The van der Waals surface area contributed by atoms with Crippen LogP contribution in [0.3, 0.4) is 0 Å². The Labute approximate surface area is 107 Å². The summed E-state index contributed by atoms with van der Waals surface area (Å²) in [7, 11) is 1.34. The molecule has 1 aromatic rings. The van der Waals surface area contributed by atoms with Crippen molar-refractivity contribution in [1.29, 1.82) is 0 Å². The van der Waals surface area contributed by atoms with Gasteiger partial charge in [-0.2, -0.15) is 0 Å². The van der Waals surface area contributed by atoms with Gasteiger partial charge in [0.05, 0.1) is 13.5 Å². The lowest BCUT2D eigenvalue weighted by molar-refractivity contribution is -0.140. The van der Waals surface area contributed by atoms with Crippen LogP contribution in [0.4, 0.5) is 0 Å². The number of aryl methyl sites for hydroxylation is 1. The lowest BCUT2D eigenvalue weighted by atomic mass is 10.2. The Bertz CT molecular complexity index is 432. The van der Waals surface area contributed by atoms with Crippen molar-refractivity contribution in [2.45, 2.75) is 20.3 Å². The third kappa shape index (κ3) is 3.84. The van der Waals surface area contributed by atoms with Crippen molar-refractivity contribution >= 4 is 11.9 Å². The molecule has 0 saturated heterocycles. The van der Waals surface area contributed by atoms with Crippen molar-refractivity contribution in [2.24, 2.45) is 0 Å². The normalized spacial score (nSPS) is 9.94. The quantitative estimate of drug-likeness (QED) is 0.741. The molecule has 0 radical (unpaired) electrons. The highest BCUT2D eigenvalue weighted by atomic mass is 16.5. The predicted molar refractivity (Wildman–Crippen MR) is 67.2 cm³/mol. The van der Waals surface area contributed by atoms with Crippen LogP contribution in [0.25, 0.3) is 0 Å². The first kappa shape index (κ1) is 14.2. The minimum atomic E-state index is -0.313. The maximum Gasteiger partial charge on any atom is 0.307 e. The fraction of sp³-hybridized carbons (Fsp3) is 0.462. The van der Waals surface area contributed by atoms with Gasteiger partial charge >= 0.3 is 5.97 Å². The zero-order valence-corrected chi connectivity index (χ0v) is 11.0. The number of ether oxygens (including phenoxy) is 1. The summed E-state index contributed by atoms with van der Waals surface area (Å²) in [5.74, 6) is -0.404. The molecule has 0 atom stereocenters. The Morgan fingerprint density at radius 3 is 2.72 bits per heavy atom. The minimum Gasteiger partial charge on any atom is -0.469 e. The molecule has 0 aromatic carbocycles. The van der Waals surface area contributed by atoms with Gasteiger partial charge in [-0.3, -0.25) is 14.6 Å². The lowest BCUT2D eigenvalue weighted by Crippen LogP contribution is -2.33. The highest BCUT2D eigenvalue weighted by molar-refractivity contribution is 5.94. The lowest BCUT2D eigenvalue weighted by Gasteiger charge is -2.20. The van der Waals surface area contributed by atoms with E-state index >= 15 is 0 Å². The number of carbonyl (C=O) groups excluding carboxylic acids is 2. The second-order valence-corrected chi connectivity index (χ2v) is 3.90. The van der Waals surface area contributed by atoms with Crippen molar-refractivity contribution in [3.63, 3.8) is 0 Å². The molecular weight excluding hydrogens is 232 g/mol. The summed E-state index contributed by atoms with van der Waals surface area (Å²) in [6.45, 7) is 4.63. The predicted octanol–water partition coefficient (Wildman–Crippen LogP) is 1.42. The molecule has 1 amide bonds. The van der Waals surface area contributed by atoms with Gasteiger partial charge in [0.1, 0.15) is 0 Å². The van der Waals surface area contributed by atoms with Crippen LogP contribution in [0.15, 0.2) is 18.3 Å². The van der Waals surface area contributed by atoms with Gasteiger partial charge < -0.3 is 9.64 Å². The van der Waals surface area contributed by atoms with Crippen molar-refractivity contribution in [3.8, 4) is 0 Å². The number of rotatable bonds is 5. The van der Waals surface area contributed by atoms with E-state index < -0.39 is 0 Å². The zero-order valence-electron chi connectivity index (χ0n) is 11.0. The molecule has 0 bridgehead atoms. The molecule has 0 aliphatic rings.